The molecule has 2 aliphatic rings. The van der Waals surface area contributed by atoms with Gasteiger partial charge in [0, 0.05) is 31.2 Å². The molecule has 18 heavy (non-hydrogen) atoms. The second-order valence-corrected chi connectivity index (χ2v) is 6.19. The molecule has 106 valence electrons. The molecular weight excluding hydrogens is 224 g/mol. The summed E-state index contributed by atoms with van der Waals surface area (Å²) in [5, 5.41) is 3.39. The van der Waals surface area contributed by atoms with E-state index in [4.69, 9.17) is 4.74 Å². The van der Waals surface area contributed by atoms with E-state index in [1.165, 1.54) is 51.6 Å². The topological polar surface area (TPSA) is 24.5 Å². The van der Waals surface area contributed by atoms with Crippen molar-refractivity contribution in [3.05, 3.63) is 0 Å². The summed E-state index contributed by atoms with van der Waals surface area (Å²) in [6.45, 7) is 7.72. The average molecular weight is 254 g/mol. The van der Waals surface area contributed by atoms with Crippen LogP contribution in [-0.4, -0.2) is 50.8 Å². The van der Waals surface area contributed by atoms with Crippen molar-refractivity contribution in [3.63, 3.8) is 0 Å². The average Bonchev–Trinajstić information content (AvgIpc) is 2.91. The van der Waals surface area contributed by atoms with E-state index in [0.717, 1.165) is 25.8 Å². The van der Waals surface area contributed by atoms with Crippen molar-refractivity contribution in [1.29, 1.82) is 0 Å². The lowest BCUT2D eigenvalue weighted by molar-refractivity contribution is -0.0309. The summed E-state index contributed by atoms with van der Waals surface area (Å²) in [6.07, 6.45) is 8.21. The van der Waals surface area contributed by atoms with Crippen LogP contribution in [0, 0.1) is 5.41 Å². The maximum atomic E-state index is 5.78. The Hall–Kier alpha value is -0.120. The summed E-state index contributed by atoms with van der Waals surface area (Å²) in [5.74, 6) is 0. The van der Waals surface area contributed by atoms with E-state index in [9.17, 15) is 0 Å². The summed E-state index contributed by atoms with van der Waals surface area (Å²) < 4.78 is 5.78. The first kappa shape index (κ1) is 14.3. The Labute approximate surface area is 112 Å². The molecule has 1 saturated carbocycles. The van der Waals surface area contributed by atoms with Gasteiger partial charge in [0.05, 0.1) is 6.61 Å². The molecule has 1 unspecified atom stereocenters. The van der Waals surface area contributed by atoms with Gasteiger partial charge in [-0.2, -0.15) is 0 Å². The highest BCUT2D eigenvalue weighted by atomic mass is 16.5. The predicted octanol–water partition coefficient (Wildman–Crippen LogP) is 2.27. The van der Waals surface area contributed by atoms with E-state index < -0.39 is 0 Å². The lowest BCUT2D eigenvalue weighted by atomic mass is 9.81. The van der Waals surface area contributed by atoms with Crippen LogP contribution in [0.4, 0.5) is 0 Å². The normalized spacial score (nSPS) is 30.2. The van der Waals surface area contributed by atoms with Crippen molar-refractivity contribution < 1.29 is 4.74 Å². The molecular formula is C15H30N2O. The molecule has 1 saturated heterocycles. The lowest BCUT2D eigenvalue weighted by Gasteiger charge is -2.42. The third kappa shape index (κ3) is 3.46. The van der Waals surface area contributed by atoms with E-state index in [2.05, 4.69) is 24.2 Å². The minimum atomic E-state index is 0.353. The monoisotopic (exact) mass is 254 g/mol. The number of hydrogen-bond acceptors (Lipinski definition) is 3. The van der Waals surface area contributed by atoms with Gasteiger partial charge in [0.2, 0.25) is 0 Å². The molecule has 1 aliphatic heterocycles. The molecule has 0 aromatic rings. The molecule has 0 spiro atoms. The van der Waals surface area contributed by atoms with Crippen molar-refractivity contribution in [2.75, 3.05) is 39.9 Å². The number of hydrogen-bond donors (Lipinski definition) is 1. The van der Waals surface area contributed by atoms with Crippen LogP contribution in [-0.2, 0) is 4.74 Å². The van der Waals surface area contributed by atoms with Crippen LogP contribution >= 0.6 is 0 Å². The van der Waals surface area contributed by atoms with Crippen molar-refractivity contribution >= 4 is 0 Å². The molecule has 0 aromatic heterocycles. The summed E-state index contributed by atoms with van der Waals surface area (Å²) in [6, 6.07) is 0.839. The zero-order valence-corrected chi connectivity index (χ0v) is 12.2. The van der Waals surface area contributed by atoms with Crippen LogP contribution in [0.25, 0.3) is 0 Å². The number of ether oxygens (including phenoxy) is 1. The quantitative estimate of drug-likeness (QED) is 0.787. The maximum Gasteiger partial charge on any atom is 0.0546 e. The molecule has 3 heteroatoms. The van der Waals surface area contributed by atoms with Crippen molar-refractivity contribution in [2.24, 2.45) is 5.41 Å². The first-order chi connectivity index (χ1) is 8.79. The maximum absolute atomic E-state index is 5.78. The van der Waals surface area contributed by atoms with Gasteiger partial charge in [-0.3, -0.25) is 4.90 Å². The summed E-state index contributed by atoms with van der Waals surface area (Å²) in [4.78, 5) is 2.72. The summed E-state index contributed by atoms with van der Waals surface area (Å²) >= 11 is 0. The third-order valence-corrected chi connectivity index (χ3v) is 4.74. The second-order valence-electron chi connectivity index (χ2n) is 6.19. The lowest BCUT2D eigenvalue weighted by Crippen LogP contribution is -2.50. The Bertz CT molecular complexity index is 227. The van der Waals surface area contributed by atoms with Gasteiger partial charge in [0.25, 0.3) is 0 Å². The number of rotatable bonds is 6. The fourth-order valence-corrected chi connectivity index (χ4v) is 3.80. The molecule has 3 nitrogen and oxygen atoms in total. The fraction of sp³-hybridized carbons (Fsp3) is 1.00. The number of nitrogens with one attached hydrogen (secondary N) is 1. The van der Waals surface area contributed by atoms with Gasteiger partial charge in [-0.1, -0.05) is 19.8 Å². The van der Waals surface area contributed by atoms with Crippen LogP contribution in [0.3, 0.4) is 0 Å². The van der Waals surface area contributed by atoms with E-state index in [-0.39, 0.29) is 0 Å². The van der Waals surface area contributed by atoms with E-state index in [0.29, 0.717) is 5.41 Å². The zero-order chi connectivity index (χ0) is 12.8. The molecule has 2 fully saturated rings. The van der Waals surface area contributed by atoms with Crippen LogP contribution in [0.15, 0.2) is 0 Å². The molecule has 1 N–H and O–H groups in total. The van der Waals surface area contributed by atoms with E-state index >= 15 is 0 Å². The van der Waals surface area contributed by atoms with Gasteiger partial charge in [-0.05, 0) is 39.3 Å². The first-order valence-corrected chi connectivity index (χ1v) is 7.76. The van der Waals surface area contributed by atoms with E-state index in [1.54, 1.807) is 0 Å². The molecule has 0 aromatic carbocycles. The highest BCUT2D eigenvalue weighted by Gasteiger charge is 2.36. The van der Waals surface area contributed by atoms with Gasteiger partial charge >= 0.3 is 0 Å². The van der Waals surface area contributed by atoms with Crippen LogP contribution in [0.2, 0.25) is 0 Å². The molecule has 0 amide bonds. The van der Waals surface area contributed by atoms with Crippen molar-refractivity contribution in [1.82, 2.24) is 10.2 Å². The van der Waals surface area contributed by atoms with Crippen LogP contribution in [0.1, 0.15) is 45.4 Å². The zero-order valence-electron chi connectivity index (χ0n) is 12.2. The van der Waals surface area contributed by atoms with Gasteiger partial charge < -0.3 is 10.1 Å². The Balaban J connectivity index is 1.96. The van der Waals surface area contributed by atoms with Gasteiger partial charge in [0.15, 0.2) is 0 Å². The van der Waals surface area contributed by atoms with E-state index in [1.807, 2.05) is 0 Å². The Morgan fingerprint density at radius 2 is 2.06 bits per heavy atom. The summed E-state index contributed by atoms with van der Waals surface area (Å²) in [7, 11) is 2.07. The van der Waals surface area contributed by atoms with Crippen molar-refractivity contribution in [3.8, 4) is 0 Å². The third-order valence-electron chi connectivity index (χ3n) is 4.74. The van der Waals surface area contributed by atoms with Crippen LogP contribution < -0.4 is 5.32 Å². The Morgan fingerprint density at radius 3 is 2.61 bits per heavy atom. The molecule has 0 bridgehead atoms. The SMILES string of the molecule is CCN(CC1(CNC)CCCOC1)C1CCCC1. The second kappa shape index (κ2) is 6.88. The smallest absolute Gasteiger partial charge is 0.0546 e. The molecule has 2 rings (SSSR count). The van der Waals surface area contributed by atoms with Gasteiger partial charge in [0.1, 0.15) is 0 Å². The molecule has 1 heterocycles. The minimum absolute atomic E-state index is 0.353. The Kier molecular flexibility index (Phi) is 5.46. The minimum Gasteiger partial charge on any atom is -0.381 e. The molecule has 1 atom stereocenters. The molecule has 1 aliphatic carbocycles. The standard InChI is InChI=1S/C15H30N2O/c1-3-17(14-7-4-5-8-14)12-15(11-16-2)9-6-10-18-13-15/h14,16H,3-13H2,1-2H3. The van der Waals surface area contributed by atoms with Crippen molar-refractivity contribution in [2.45, 2.75) is 51.5 Å². The largest absolute Gasteiger partial charge is 0.381 e. The predicted molar refractivity (Wildman–Crippen MR) is 75.9 cm³/mol. The highest BCUT2D eigenvalue weighted by molar-refractivity contribution is 4.89. The number of nitrogens with zero attached hydrogens (tertiary/aromatic N) is 1. The van der Waals surface area contributed by atoms with Crippen LogP contribution in [0.5, 0.6) is 0 Å². The summed E-state index contributed by atoms with van der Waals surface area (Å²) in [5.41, 5.74) is 0.353. The van der Waals surface area contributed by atoms with Gasteiger partial charge in [-0.15, -0.1) is 0 Å². The first-order valence-electron chi connectivity index (χ1n) is 7.76. The van der Waals surface area contributed by atoms with Gasteiger partial charge in [-0.25, -0.2) is 0 Å². The fourth-order valence-electron chi connectivity index (χ4n) is 3.80. The Morgan fingerprint density at radius 1 is 1.28 bits per heavy atom. The highest BCUT2D eigenvalue weighted by Crippen LogP contribution is 2.32. The molecule has 0 radical (unpaired) electrons.